The zero-order valence-electron chi connectivity index (χ0n) is 16.9. The van der Waals surface area contributed by atoms with Gasteiger partial charge in [-0.15, -0.1) is 0 Å². The van der Waals surface area contributed by atoms with Crippen molar-refractivity contribution < 1.29 is 20.1 Å². The normalized spacial score (nSPS) is 9.79. The highest BCUT2D eigenvalue weighted by Crippen LogP contribution is 2.34. The van der Waals surface area contributed by atoms with Gasteiger partial charge in [-0.05, 0) is 56.2 Å². The first-order valence-corrected chi connectivity index (χ1v) is 9.27. The molecule has 3 N–H and O–H groups in total. The van der Waals surface area contributed by atoms with Gasteiger partial charge in [-0.1, -0.05) is 56.3 Å². The highest BCUT2D eigenvalue weighted by Gasteiger charge is 2.13. The van der Waals surface area contributed by atoms with E-state index in [-0.39, 0.29) is 12.0 Å². The lowest BCUT2D eigenvalue weighted by Crippen LogP contribution is -2.08. The van der Waals surface area contributed by atoms with Crippen molar-refractivity contribution in [3.8, 4) is 23.0 Å². The van der Waals surface area contributed by atoms with Gasteiger partial charge < -0.3 is 20.1 Å². The Bertz CT molecular complexity index is 747. The molecule has 0 aromatic heterocycles. The van der Waals surface area contributed by atoms with Crippen molar-refractivity contribution in [2.24, 2.45) is 0 Å². The maximum absolute atomic E-state index is 9.69. The lowest BCUT2D eigenvalue weighted by atomic mass is 10.0. The molecule has 4 nitrogen and oxygen atoms in total. The summed E-state index contributed by atoms with van der Waals surface area (Å²) in [5.41, 5.74) is 0.890. The topological polar surface area (TPSA) is 69.9 Å². The molecule has 0 heterocycles. The van der Waals surface area contributed by atoms with E-state index in [1.165, 1.54) is 0 Å². The minimum absolute atomic E-state index is 0.134. The molecule has 0 saturated heterocycles. The molecular weight excluding hydrogens is 352 g/mol. The Balaban J connectivity index is 0.000000233. The molecule has 0 fully saturated rings. The average molecular weight is 383 g/mol. The number of hydrogen-bond acceptors (Lipinski definition) is 4. The van der Waals surface area contributed by atoms with E-state index in [1.54, 1.807) is 60.7 Å². The second-order valence-electron chi connectivity index (χ2n) is 6.68. The third-order valence-electron chi connectivity index (χ3n) is 3.50. The molecule has 3 aromatic rings. The Morgan fingerprint density at radius 2 is 1.07 bits per heavy atom. The van der Waals surface area contributed by atoms with E-state index in [9.17, 15) is 5.11 Å². The zero-order chi connectivity index (χ0) is 20.9. The van der Waals surface area contributed by atoms with Gasteiger partial charge in [-0.3, -0.25) is 0 Å². The Morgan fingerprint density at radius 3 is 1.39 bits per heavy atom. The molecule has 0 atom stereocenters. The molecule has 0 saturated carbocycles. The van der Waals surface area contributed by atoms with E-state index in [2.05, 4.69) is 0 Å². The molecule has 150 valence electrons. The van der Waals surface area contributed by atoms with Crippen LogP contribution >= 0.6 is 0 Å². The first-order valence-electron chi connectivity index (χ1n) is 9.27. The van der Waals surface area contributed by atoms with Gasteiger partial charge in [0.25, 0.3) is 0 Å². The van der Waals surface area contributed by atoms with Crippen LogP contribution in [0.15, 0.2) is 78.9 Å². The second kappa shape index (κ2) is 12.3. The van der Waals surface area contributed by atoms with Crippen LogP contribution in [0.1, 0.15) is 39.2 Å². The van der Waals surface area contributed by atoms with Gasteiger partial charge in [-0.2, -0.15) is 0 Å². The first-order chi connectivity index (χ1) is 13.3. The van der Waals surface area contributed by atoms with Crippen LogP contribution < -0.4 is 4.74 Å². The number of rotatable bonds is 3. The summed E-state index contributed by atoms with van der Waals surface area (Å²) in [5.74, 6) is 2.02. The van der Waals surface area contributed by atoms with Crippen LogP contribution in [0, 0.1) is 0 Å². The Morgan fingerprint density at radius 1 is 0.607 bits per heavy atom. The predicted octanol–water partition coefficient (Wildman–Crippen LogP) is 6.09. The van der Waals surface area contributed by atoms with E-state index < -0.39 is 0 Å². The molecule has 0 unspecified atom stereocenters. The van der Waals surface area contributed by atoms with E-state index in [4.69, 9.17) is 14.9 Å². The van der Waals surface area contributed by atoms with Crippen molar-refractivity contribution in [1.29, 1.82) is 0 Å². The van der Waals surface area contributed by atoms with Crippen LogP contribution in [0.3, 0.4) is 0 Å². The molecular formula is C24H30O4. The summed E-state index contributed by atoms with van der Waals surface area (Å²) >= 11 is 0. The summed E-state index contributed by atoms with van der Waals surface area (Å²) < 4.78 is 5.63. The second-order valence-corrected chi connectivity index (χ2v) is 6.68. The van der Waals surface area contributed by atoms with Gasteiger partial charge in [0.2, 0.25) is 0 Å². The van der Waals surface area contributed by atoms with Crippen molar-refractivity contribution >= 4 is 0 Å². The van der Waals surface area contributed by atoms with Gasteiger partial charge in [-0.25, -0.2) is 0 Å². The fourth-order valence-corrected chi connectivity index (χ4v) is 2.33. The largest absolute Gasteiger partial charge is 0.508 e. The van der Waals surface area contributed by atoms with Gasteiger partial charge in [0.1, 0.15) is 23.0 Å². The fraction of sp³-hybridized carbons (Fsp3) is 0.250. The quantitative estimate of drug-likeness (QED) is 0.513. The van der Waals surface area contributed by atoms with Gasteiger partial charge in [0.05, 0.1) is 6.10 Å². The lowest BCUT2D eigenvalue weighted by molar-refractivity contribution is 0.238. The Labute approximate surface area is 167 Å². The number of hydrogen-bond donors (Lipinski definition) is 3. The summed E-state index contributed by atoms with van der Waals surface area (Å²) in [7, 11) is 0. The van der Waals surface area contributed by atoms with Gasteiger partial charge in [0.15, 0.2) is 0 Å². The maximum Gasteiger partial charge on any atom is 0.126 e. The molecule has 28 heavy (non-hydrogen) atoms. The Kier molecular flexibility index (Phi) is 10.0. The number of ether oxygens (including phenoxy) is 1. The summed E-state index contributed by atoms with van der Waals surface area (Å²) in [6, 6.07) is 22.8. The summed E-state index contributed by atoms with van der Waals surface area (Å²) in [6.45, 7) is 8.05. The minimum Gasteiger partial charge on any atom is -0.508 e. The highest BCUT2D eigenvalue weighted by molar-refractivity contribution is 5.45. The molecule has 0 spiro atoms. The molecule has 0 radical (unpaired) electrons. The van der Waals surface area contributed by atoms with E-state index in [1.807, 2.05) is 45.9 Å². The van der Waals surface area contributed by atoms with Gasteiger partial charge >= 0.3 is 0 Å². The van der Waals surface area contributed by atoms with Crippen LogP contribution in [0.25, 0.3) is 0 Å². The van der Waals surface area contributed by atoms with Crippen molar-refractivity contribution in [3.63, 3.8) is 0 Å². The molecule has 0 bridgehead atoms. The Hall–Kier alpha value is -3.14. The summed E-state index contributed by atoms with van der Waals surface area (Å²) in [4.78, 5) is 0. The average Bonchev–Trinajstić information content (AvgIpc) is 2.63. The molecule has 0 aliphatic carbocycles. The van der Waals surface area contributed by atoms with Gasteiger partial charge in [0, 0.05) is 5.56 Å². The lowest BCUT2D eigenvalue weighted by Gasteiger charge is -2.17. The smallest absolute Gasteiger partial charge is 0.126 e. The van der Waals surface area contributed by atoms with Crippen LogP contribution in [-0.4, -0.2) is 21.4 Å². The van der Waals surface area contributed by atoms with Crippen molar-refractivity contribution in [2.45, 2.75) is 39.7 Å². The van der Waals surface area contributed by atoms with E-state index in [0.29, 0.717) is 17.2 Å². The molecule has 0 aliphatic rings. The third kappa shape index (κ3) is 8.99. The molecule has 0 aliphatic heterocycles. The summed E-state index contributed by atoms with van der Waals surface area (Å²) in [5, 5.41) is 27.0. The third-order valence-corrected chi connectivity index (χ3v) is 3.50. The van der Waals surface area contributed by atoms with Crippen molar-refractivity contribution in [1.82, 2.24) is 0 Å². The number of para-hydroxylation sites is 2. The van der Waals surface area contributed by atoms with Crippen LogP contribution in [0.5, 0.6) is 23.0 Å². The predicted molar refractivity (Wildman–Crippen MR) is 114 cm³/mol. The van der Waals surface area contributed by atoms with Crippen molar-refractivity contribution in [2.75, 3.05) is 0 Å². The fourth-order valence-electron chi connectivity index (χ4n) is 2.33. The monoisotopic (exact) mass is 382 g/mol. The minimum atomic E-state index is 0.134. The number of aromatic hydroxyl groups is 3. The first kappa shape index (κ1) is 22.9. The number of phenolic OH excluding ortho intramolecular Hbond substituents is 3. The molecule has 4 heteroatoms. The highest BCUT2D eigenvalue weighted by atomic mass is 16.5. The maximum atomic E-state index is 9.69. The van der Waals surface area contributed by atoms with Crippen LogP contribution in [0.2, 0.25) is 0 Å². The van der Waals surface area contributed by atoms with Crippen LogP contribution in [-0.2, 0) is 0 Å². The van der Waals surface area contributed by atoms with Crippen LogP contribution in [0.4, 0.5) is 0 Å². The number of phenols is 3. The standard InChI is InChI=1S/C12H18O2.2C6H6O/c1-8(2)12-10(13)6-5-7-11(12)14-9(3)4;2*7-6-4-2-1-3-5-6/h5-9,13H,1-4H3;2*1-5,7H. The van der Waals surface area contributed by atoms with E-state index >= 15 is 0 Å². The molecule has 3 rings (SSSR count). The van der Waals surface area contributed by atoms with E-state index in [0.717, 1.165) is 11.3 Å². The van der Waals surface area contributed by atoms with Crippen molar-refractivity contribution in [3.05, 3.63) is 84.4 Å². The zero-order valence-corrected chi connectivity index (χ0v) is 16.9. The number of benzene rings is 3. The molecule has 3 aromatic carbocycles. The SMILES string of the molecule is CC(C)Oc1cccc(O)c1C(C)C.Oc1ccccc1.Oc1ccccc1. The summed E-state index contributed by atoms with van der Waals surface area (Å²) in [6.07, 6.45) is 0.134. The molecule has 0 amide bonds.